The number of carboxylic acids is 1. The number of nitrogens with zero attached hydrogens (tertiary/aromatic N) is 1. The maximum absolute atomic E-state index is 14.0. The first-order valence-corrected chi connectivity index (χ1v) is 7.56. The molecule has 2 aliphatic heterocycles. The predicted molar refractivity (Wildman–Crippen MR) is 75.6 cm³/mol. The van der Waals surface area contributed by atoms with E-state index in [1.807, 2.05) is 0 Å². The van der Waals surface area contributed by atoms with Crippen LogP contribution in [0.25, 0.3) is 0 Å². The summed E-state index contributed by atoms with van der Waals surface area (Å²) in [7, 11) is 0. The Labute approximate surface area is 127 Å². The lowest BCUT2D eigenvalue weighted by Gasteiger charge is -2.31. The van der Waals surface area contributed by atoms with Crippen LogP contribution in [-0.4, -0.2) is 48.3 Å². The fourth-order valence-corrected chi connectivity index (χ4v) is 3.55. The average Bonchev–Trinajstić information content (AvgIpc) is 2.93. The van der Waals surface area contributed by atoms with Crippen molar-refractivity contribution in [1.29, 1.82) is 0 Å². The van der Waals surface area contributed by atoms with Gasteiger partial charge in [0.2, 0.25) is 0 Å². The van der Waals surface area contributed by atoms with Gasteiger partial charge in [-0.1, -0.05) is 6.07 Å². The Morgan fingerprint density at radius 2 is 1.95 bits per heavy atom. The molecule has 0 bridgehead atoms. The number of aliphatic carboxylic acids is 1. The molecule has 120 valence electrons. The van der Waals surface area contributed by atoms with Crippen LogP contribution in [0.2, 0.25) is 0 Å². The van der Waals surface area contributed by atoms with Gasteiger partial charge in [0.15, 0.2) is 0 Å². The van der Waals surface area contributed by atoms with Gasteiger partial charge in [0.25, 0.3) is 0 Å². The van der Waals surface area contributed by atoms with Gasteiger partial charge in [-0.25, -0.2) is 8.78 Å². The van der Waals surface area contributed by atoms with Crippen molar-refractivity contribution in [2.45, 2.75) is 24.8 Å². The third-order valence-electron chi connectivity index (χ3n) is 4.73. The van der Waals surface area contributed by atoms with Crippen LogP contribution in [0.3, 0.4) is 0 Å². The molecule has 1 aromatic rings. The Balaban J connectivity index is 1.83. The minimum absolute atomic E-state index is 0.282. The molecule has 22 heavy (non-hydrogen) atoms. The zero-order valence-corrected chi connectivity index (χ0v) is 12.2. The van der Waals surface area contributed by atoms with Crippen molar-refractivity contribution in [3.8, 4) is 0 Å². The highest BCUT2D eigenvalue weighted by Gasteiger charge is 2.42. The first kappa shape index (κ1) is 15.4. The summed E-state index contributed by atoms with van der Waals surface area (Å²) in [5.41, 5.74) is 0.295. The molecule has 3 rings (SSSR count). The molecule has 2 fully saturated rings. The number of halogens is 2. The predicted octanol–water partition coefficient (Wildman–Crippen LogP) is 2.24. The molecular weight excluding hydrogens is 292 g/mol. The number of carboxylic acid groups (broad SMARTS) is 1. The molecule has 0 radical (unpaired) electrons. The zero-order chi connectivity index (χ0) is 15.7. The lowest BCUT2D eigenvalue weighted by molar-refractivity contribution is -0.141. The second-order valence-electron chi connectivity index (χ2n) is 6.01. The summed E-state index contributed by atoms with van der Waals surface area (Å²) in [5.74, 6) is -3.34. The molecule has 0 aromatic heterocycles. The van der Waals surface area contributed by atoms with Crippen LogP contribution >= 0.6 is 0 Å². The van der Waals surface area contributed by atoms with E-state index in [0.717, 1.165) is 18.9 Å². The number of likely N-dealkylation sites (tertiary alicyclic amines) is 1. The van der Waals surface area contributed by atoms with Crippen LogP contribution < -0.4 is 0 Å². The van der Waals surface area contributed by atoms with Crippen molar-refractivity contribution in [1.82, 2.24) is 4.90 Å². The summed E-state index contributed by atoms with van der Waals surface area (Å²) in [6.45, 7) is 2.24. The second kappa shape index (κ2) is 6.30. The maximum atomic E-state index is 14.0. The van der Waals surface area contributed by atoms with E-state index in [0.29, 0.717) is 31.9 Å². The summed E-state index contributed by atoms with van der Waals surface area (Å²) >= 11 is 0. The van der Waals surface area contributed by atoms with Crippen LogP contribution in [0.15, 0.2) is 18.2 Å². The molecule has 4 nitrogen and oxygen atoms in total. The Bertz CT molecular complexity index is 560. The smallest absolute Gasteiger partial charge is 0.308 e. The maximum Gasteiger partial charge on any atom is 0.308 e. The highest BCUT2D eigenvalue weighted by molar-refractivity contribution is 5.72. The quantitative estimate of drug-likeness (QED) is 0.930. The minimum atomic E-state index is -0.928. The van der Waals surface area contributed by atoms with Crippen LogP contribution in [0.1, 0.15) is 24.3 Å². The number of hydrogen-bond acceptors (Lipinski definition) is 3. The number of rotatable bonds is 3. The number of benzene rings is 1. The fraction of sp³-hybridized carbons (Fsp3) is 0.562. The van der Waals surface area contributed by atoms with Crippen LogP contribution in [0.5, 0.6) is 0 Å². The summed E-state index contributed by atoms with van der Waals surface area (Å²) in [4.78, 5) is 13.7. The van der Waals surface area contributed by atoms with Crippen molar-refractivity contribution < 1.29 is 23.4 Å². The van der Waals surface area contributed by atoms with E-state index in [1.165, 1.54) is 12.1 Å². The first-order valence-electron chi connectivity index (χ1n) is 7.56. The number of hydrogen-bond donors (Lipinski definition) is 1. The third kappa shape index (κ3) is 2.98. The second-order valence-corrected chi connectivity index (χ2v) is 6.01. The third-order valence-corrected chi connectivity index (χ3v) is 4.73. The van der Waals surface area contributed by atoms with E-state index < -0.39 is 29.4 Å². The van der Waals surface area contributed by atoms with E-state index in [2.05, 4.69) is 4.90 Å². The van der Waals surface area contributed by atoms with Gasteiger partial charge in [-0.3, -0.25) is 9.69 Å². The molecule has 0 amide bonds. The molecule has 6 heteroatoms. The summed E-state index contributed by atoms with van der Waals surface area (Å²) in [6, 6.07) is 3.67. The largest absolute Gasteiger partial charge is 0.481 e. The summed E-state index contributed by atoms with van der Waals surface area (Å²) < 4.78 is 32.4. The van der Waals surface area contributed by atoms with Gasteiger partial charge in [0, 0.05) is 44.3 Å². The molecule has 0 saturated carbocycles. The van der Waals surface area contributed by atoms with Gasteiger partial charge >= 0.3 is 5.97 Å². The molecule has 0 spiro atoms. The Hall–Kier alpha value is -1.53. The van der Waals surface area contributed by atoms with Crippen LogP contribution in [0.4, 0.5) is 8.78 Å². The Kier molecular flexibility index (Phi) is 4.40. The molecule has 1 aromatic carbocycles. The standard InChI is InChI=1S/C16H19F2NO3/c17-10-1-2-12(15(18)7-10)13-8-19(9-14(13)16(20)21)11-3-5-22-6-4-11/h1-2,7,11,13-14H,3-6,8-9H2,(H,20,21)/t13-,14+/m0/s1. The normalized spacial score (nSPS) is 27.2. The monoisotopic (exact) mass is 311 g/mol. The van der Waals surface area contributed by atoms with Gasteiger partial charge in [-0.2, -0.15) is 0 Å². The summed E-state index contributed by atoms with van der Waals surface area (Å²) in [5, 5.41) is 9.46. The Morgan fingerprint density at radius 3 is 2.59 bits per heavy atom. The number of carbonyl (C=O) groups is 1. The van der Waals surface area contributed by atoms with Crippen molar-refractivity contribution in [3.63, 3.8) is 0 Å². The molecule has 2 atom stereocenters. The van der Waals surface area contributed by atoms with Crippen LogP contribution in [-0.2, 0) is 9.53 Å². The van der Waals surface area contributed by atoms with Gasteiger partial charge in [0.05, 0.1) is 5.92 Å². The molecule has 0 unspecified atom stereocenters. The van der Waals surface area contributed by atoms with E-state index >= 15 is 0 Å². The van der Waals surface area contributed by atoms with Gasteiger partial charge in [-0.15, -0.1) is 0 Å². The SMILES string of the molecule is O=C(O)[C@@H]1CN(C2CCOCC2)C[C@H]1c1ccc(F)cc1F. The van der Waals surface area contributed by atoms with Gasteiger partial charge in [0.1, 0.15) is 11.6 Å². The van der Waals surface area contributed by atoms with Crippen molar-refractivity contribution in [3.05, 3.63) is 35.4 Å². The average molecular weight is 311 g/mol. The lowest BCUT2D eigenvalue weighted by Crippen LogP contribution is -2.38. The molecular formula is C16H19F2NO3. The highest BCUT2D eigenvalue weighted by Crippen LogP contribution is 2.36. The molecule has 2 aliphatic rings. The fourth-order valence-electron chi connectivity index (χ4n) is 3.55. The van der Waals surface area contributed by atoms with Gasteiger partial charge in [-0.05, 0) is 24.5 Å². The van der Waals surface area contributed by atoms with E-state index in [-0.39, 0.29) is 6.04 Å². The zero-order valence-electron chi connectivity index (χ0n) is 12.2. The van der Waals surface area contributed by atoms with Crippen molar-refractivity contribution >= 4 is 5.97 Å². The molecule has 2 heterocycles. The summed E-state index contributed by atoms with van der Waals surface area (Å²) in [6.07, 6.45) is 1.73. The molecule has 1 N–H and O–H groups in total. The van der Waals surface area contributed by atoms with Crippen molar-refractivity contribution in [2.75, 3.05) is 26.3 Å². The van der Waals surface area contributed by atoms with Crippen LogP contribution in [0, 0.1) is 17.6 Å². The topological polar surface area (TPSA) is 49.8 Å². The molecule has 2 saturated heterocycles. The minimum Gasteiger partial charge on any atom is -0.481 e. The van der Waals surface area contributed by atoms with Gasteiger partial charge < -0.3 is 9.84 Å². The van der Waals surface area contributed by atoms with E-state index in [9.17, 15) is 18.7 Å². The lowest BCUT2D eigenvalue weighted by atomic mass is 9.88. The van der Waals surface area contributed by atoms with Crippen molar-refractivity contribution in [2.24, 2.45) is 5.92 Å². The first-order chi connectivity index (χ1) is 10.6. The van der Waals surface area contributed by atoms with E-state index in [4.69, 9.17) is 4.74 Å². The Morgan fingerprint density at radius 1 is 1.23 bits per heavy atom. The highest BCUT2D eigenvalue weighted by atomic mass is 19.1. The molecule has 0 aliphatic carbocycles. The van der Waals surface area contributed by atoms with E-state index in [1.54, 1.807) is 0 Å². The number of ether oxygens (including phenoxy) is 1.